The highest BCUT2D eigenvalue weighted by Gasteiger charge is 2.18. The molecule has 0 unspecified atom stereocenters. The summed E-state index contributed by atoms with van der Waals surface area (Å²) in [6, 6.07) is -0.385. The van der Waals surface area contributed by atoms with Crippen LogP contribution in [0.2, 0.25) is 0 Å². The Labute approximate surface area is 87.5 Å². The molecule has 0 saturated carbocycles. The van der Waals surface area contributed by atoms with Gasteiger partial charge >= 0.3 is 12.0 Å². The van der Waals surface area contributed by atoms with Crippen molar-refractivity contribution < 1.29 is 19.5 Å². The fourth-order valence-electron chi connectivity index (χ4n) is 1.23. The molecule has 1 saturated heterocycles. The summed E-state index contributed by atoms with van der Waals surface area (Å²) in [5.74, 6) is -1.12. The number of rotatable bonds is 3. The number of hydroxylamine groups is 1. The predicted molar refractivity (Wildman–Crippen MR) is 51.2 cm³/mol. The summed E-state index contributed by atoms with van der Waals surface area (Å²) >= 11 is 0. The number of nitrogens with zero attached hydrogens (tertiary/aromatic N) is 2. The number of carbonyl (C=O) groups is 2. The first-order valence-electron chi connectivity index (χ1n) is 4.66. The maximum absolute atomic E-state index is 11.4. The largest absolute Gasteiger partial charge is 0.479 e. The number of hydrogen-bond donors (Lipinski definition) is 2. The third-order valence-electron chi connectivity index (χ3n) is 2.15. The standard InChI is InChI=1S/C8H15N3O4/c1-10-2-4-11(5-3-10)8(14)9-15-6-7(12)13/h2-6H2,1H3,(H,9,14)(H,12,13). The first-order chi connectivity index (χ1) is 7.09. The molecule has 0 spiro atoms. The van der Waals surface area contributed by atoms with E-state index < -0.39 is 12.6 Å². The lowest BCUT2D eigenvalue weighted by Gasteiger charge is -2.31. The Bertz CT molecular complexity index is 238. The summed E-state index contributed by atoms with van der Waals surface area (Å²) in [4.78, 5) is 29.6. The minimum Gasteiger partial charge on any atom is -0.479 e. The molecule has 7 nitrogen and oxygen atoms in total. The second-order valence-electron chi connectivity index (χ2n) is 3.38. The van der Waals surface area contributed by atoms with Crippen molar-refractivity contribution >= 4 is 12.0 Å². The van der Waals surface area contributed by atoms with Gasteiger partial charge in [-0.25, -0.2) is 15.1 Å². The van der Waals surface area contributed by atoms with E-state index in [1.54, 1.807) is 4.90 Å². The normalized spacial score (nSPS) is 17.5. The van der Waals surface area contributed by atoms with Crippen molar-refractivity contribution in [3.63, 3.8) is 0 Å². The Morgan fingerprint density at radius 2 is 1.93 bits per heavy atom. The van der Waals surface area contributed by atoms with Gasteiger partial charge in [-0.05, 0) is 7.05 Å². The van der Waals surface area contributed by atoms with Crippen LogP contribution in [0.15, 0.2) is 0 Å². The fourth-order valence-corrected chi connectivity index (χ4v) is 1.23. The zero-order valence-electron chi connectivity index (χ0n) is 8.60. The molecule has 0 bridgehead atoms. The highest BCUT2D eigenvalue weighted by Crippen LogP contribution is 1.98. The molecular formula is C8H15N3O4. The van der Waals surface area contributed by atoms with E-state index in [-0.39, 0.29) is 6.03 Å². The zero-order chi connectivity index (χ0) is 11.3. The van der Waals surface area contributed by atoms with Crippen molar-refractivity contribution in [2.24, 2.45) is 0 Å². The van der Waals surface area contributed by atoms with Gasteiger partial charge in [0, 0.05) is 26.2 Å². The number of carboxylic acids is 1. The topological polar surface area (TPSA) is 82.1 Å². The van der Waals surface area contributed by atoms with E-state index >= 15 is 0 Å². The van der Waals surface area contributed by atoms with Crippen LogP contribution in [0.4, 0.5) is 4.79 Å². The van der Waals surface area contributed by atoms with Gasteiger partial charge < -0.3 is 14.9 Å². The molecule has 1 aliphatic rings. The summed E-state index contributed by atoms with van der Waals surface area (Å²) in [5.41, 5.74) is 2.09. The van der Waals surface area contributed by atoms with Gasteiger partial charge in [-0.15, -0.1) is 0 Å². The molecule has 7 heteroatoms. The third-order valence-corrected chi connectivity index (χ3v) is 2.15. The van der Waals surface area contributed by atoms with Crippen LogP contribution in [0, 0.1) is 0 Å². The van der Waals surface area contributed by atoms with Crippen molar-refractivity contribution in [1.82, 2.24) is 15.3 Å². The molecule has 0 aliphatic carbocycles. The lowest BCUT2D eigenvalue weighted by molar-refractivity contribution is -0.144. The van der Waals surface area contributed by atoms with E-state index in [1.165, 1.54) is 0 Å². The van der Waals surface area contributed by atoms with Gasteiger partial charge in [-0.1, -0.05) is 0 Å². The number of nitrogens with one attached hydrogen (secondary N) is 1. The number of piperazine rings is 1. The van der Waals surface area contributed by atoms with Crippen molar-refractivity contribution in [2.45, 2.75) is 0 Å². The second-order valence-corrected chi connectivity index (χ2v) is 3.38. The monoisotopic (exact) mass is 217 g/mol. The third kappa shape index (κ3) is 4.13. The van der Waals surface area contributed by atoms with Crippen LogP contribution in [-0.2, 0) is 9.63 Å². The van der Waals surface area contributed by atoms with Crippen LogP contribution in [0.3, 0.4) is 0 Å². The molecule has 0 radical (unpaired) electrons. The van der Waals surface area contributed by atoms with Gasteiger partial charge in [-0.3, -0.25) is 4.84 Å². The Morgan fingerprint density at radius 1 is 1.33 bits per heavy atom. The lowest BCUT2D eigenvalue weighted by atomic mass is 10.3. The maximum atomic E-state index is 11.4. The summed E-state index contributed by atoms with van der Waals surface area (Å²) in [7, 11) is 1.98. The van der Waals surface area contributed by atoms with Gasteiger partial charge in [0.15, 0.2) is 6.61 Å². The maximum Gasteiger partial charge on any atom is 0.341 e. The van der Waals surface area contributed by atoms with Crippen LogP contribution in [0.1, 0.15) is 0 Å². The SMILES string of the molecule is CN1CCN(C(=O)NOCC(=O)O)CC1. The highest BCUT2D eigenvalue weighted by molar-refractivity contribution is 5.73. The molecule has 1 fully saturated rings. The molecular weight excluding hydrogens is 202 g/mol. The van der Waals surface area contributed by atoms with E-state index in [4.69, 9.17) is 5.11 Å². The molecule has 2 N–H and O–H groups in total. The molecule has 2 amide bonds. The van der Waals surface area contributed by atoms with Gasteiger partial charge in [0.25, 0.3) is 0 Å². The molecule has 1 rings (SSSR count). The minimum atomic E-state index is -1.12. The Hall–Kier alpha value is -1.34. The van der Waals surface area contributed by atoms with Crippen molar-refractivity contribution in [2.75, 3.05) is 39.8 Å². The van der Waals surface area contributed by atoms with E-state index in [2.05, 4.69) is 15.2 Å². The number of likely N-dealkylation sites (N-methyl/N-ethyl adjacent to an activating group) is 1. The van der Waals surface area contributed by atoms with E-state index in [0.29, 0.717) is 13.1 Å². The summed E-state index contributed by atoms with van der Waals surface area (Å²) in [6.45, 7) is 2.34. The number of amides is 2. The van der Waals surface area contributed by atoms with E-state index in [0.717, 1.165) is 13.1 Å². The average Bonchev–Trinajstić information content (AvgIpc) is 2.18. The van der Waals surface area contributed by atoms with Gasteiger partial charge in [-0.2, -0.15) is 0 Å². The minimum absolute atomic E-state index is 0.385. The quantitative estimate of drug-likeness (QED) is 0.590. The highest BCUT2D eigenvalue weighted by atomic mass is 16.7. The first kappa shape index (κ1) is 11.7. The second kappa shape index (κ2) is 5.52. The molecule has 86 valence electrons. The summed E-state index contributed by atoms with van der Waals surface area (Å²) in [6.07, 6.45) is 0. The van der Waals surface area contributed by atoms with Crippen LogP contribution < -0.4 is 5.48 Å². The van der Waals surface area contributed by atoms with Crippen LogP contribution in [-0.4, -0.2) is 66.7 Å². The van der Waals surface area contributed by atoms with Gasteiger partial charge in [0.1, 0.15) is 0 Å². The lowest BCUT2D eigenvalue weighted by Crippen LogP contribution is -2.50. The molecule has 1 aliphatic heterocycles. The summed E-state index contributed by atoms with van der Waals surface area (Å²) in [5, 5.41) is 8.27. The van der Waals surface area contributed by atoms with Crippen molar-refractivity contribution in [1.29, 1.82) is 0 Å². The van der Waals surface area contributed by atoms with Crippen molar-refractivity contribution in [3.8, 4) is 0 Å². The predicted octanol–water partition coefficient (Wildman–Crippen LogP) is -1.04. The number of carbonyl (C=O) groups excluding carboxylic acids is 1. The Kier molecular flexibility index (Phi) is 4.32. The Balaban J connectivity index is 2.19. The molecule has 0 aromatic heterocycles. The Morgan fingerprint density at radius 3 is 2.47 bits per heavy atom. The smallest absolute Gasteiger partial charge is 0.341 e. The number of carboxylic acid groups (broad SMARTS) is 1. The average molecular weight is 217 g/mol. The van der Waals surface area contributed by atoms with E-state index in [9.17, 15) is 9.59 Å². The fraction of sp³-hybridized carbons (Fsp3) is 0.750. The van der Waals surface area contributed by atoms with E-state index in [1.807, 2.05) is 7.05 Å². The summed E-state index contributed by atoms with van der Waals surface area (Å²) < 4.78 is 0. The van der Waals surface area contributed by atoms with Crippen LogP contribution >= 0.6 is 0 Å². The number of urea groups is 1. The molecule has 0 aromatic rings. The van der Waals surface area contributed by atoms with Crippen LogP contribution in [0.25, 0.3) is 0 Å². The molecule has 15 heavy (non-hydrogen) atoms. The van der Waals surface area contributed by atoms with Crippen LogP contribution in [0.5, 0.6) is 0 Å². The number of aliphatic carboxylic acids is 1. The van der Waals surface area contributed by atoms with Gasteiger partial charge in [0.2, 0.25) is 0 Å². The number of hydrogen-bond acceptors (Lipinski definition) is 4. The molecule has 1 heterocycles. The molecule has 0 aromatic carbocycles. The molecule has 0 atom stereocenters. The van der Waals surface area contributed by atoms with Gasteiger partial charge in [0.05, 0.1) is 0 Å². The zero-order valence-corrected chi connectivity index (χ0v) is 8.60. The first-order valence-corrected chi connectivity index (χ1v) is 4.66. The van der Waals surface area contributed by atoms with Crippen molar-refractivity contribution in [3.05, 3.63) is 0 Å².